The maximum atomic E-state index is 12.8. The lowest BCUT2D eigenvalue weighted by Gasteiger charge is -2.28. The molecule has 3 heterocycles. The van der Waals surface area contributed by atoms with E-state index in [0.717, 1.165) is 24.8 Å². The molecule has 0 N–H and O–H groups in total. The highest BCUT2D eigenvalue weighted by Gasteiger charge is 2.78. The first-order valence-electron chi connectivity index (χ1n) is 8.43. The molecule has 3 aliphatic heterocycles. The van der Waals surface area contributed by atoms with Crippen molar-refractivity contribution < 1.29 is 23.6 Å². The lowest BCUT2D eigenvalue weighted by Crippen LogP contribution is -2.54. The molecule has 23 heavy (non-hydrogen) atoms. The van der Waals surface area contributed by atoms with Gasteiger partial charge in [-0.15, -0.1) is 6.58 Å². The average molecular weight is 341 g/mol. The predicted molar refractivity (Wildman–Crippen MR) is 86.8 cm³/mol. The first kappa shape index (κ1) is 17.1. The zero-order valence-corrected chi connectivity index (χ0v) is 15.5. The second-order valence-corrected chi connectivity index (χ2v) is 11.4. The van der Waals surface area contributed by atoms with Gasteiger partial charge in [-0.05, 0) is 51.4 Å². The van der Waals surface area contributed by atoms with Crippen molar-refractivity contribution in [2.45, 2.75) is 69.5 Å². The van der Waals surface area contributed by atoms with Crippen LogP contribution in [-0.2, 0) is 23.6 Å². The van der Waals surface area contributed by atoms with Gasteiger partial charge in [-0.3, -0.25) is 9.68 Å². The zero-order valence-electron chi connectivity index (χ0n) is 14.5. The number of carbonyl (C=O) groups is 1. The third kappa shape index (κ3) is 2.49. The number of nitrogens with zero attached hydrogens (tertiary/aromatic N) is 1. The van der Waals surface area contributed by atoms with Crippen molar-refractivity contribution in [3.05, 3.63) is 12.2 Å². The van der Waals surface area contributed by atoms with E-state index >= 15 is 0 Å². The van der Waals surface area contributed by atoms with E-state index in [2.05, 4.69) is 19.7 Å². The molecule has 0 amide bonds. The summed E-state index contributed by atoms with van der Waals surface area (Å²) in [7, 11) is -2.06. The molecule has 0 radical (unpaired) electrons. The van der Waals surface area contributed by atoms with E-state index in [9.17, 15) is 4.79 Å². The minimum atomic E-state index is -2.06. The summed E-state index contributed by atoms with van der Waals surface area (Å²) in [6, 6.07) is 0. The van der Waals surface area contributed by atoms with Crippen LogP contribution in [0.15, 0.2) is 12.2 Å². The van der Waals surface area contributed by atoms with E-state index in [1.807, 2.05) is 13.8 Å². The first-order chi connectivity index (χ1) is 10.8. The summed E-state index contributed by atoms with van der Waals surface area (Å²) in [5.74, 6) is -0.270. The fourth-order valence-corrected chi connectivity index (χ4v) is 7.15. The van der Waals surface area contributed by atoms with Gasteiger partial charge in [-0.1, -0.05) is 5.57 Å². The zero-order chi connectivity index (χ0) is 16.8. The van der Waals surface area contributed by atoms with Gasteiger partial charge in [-0.2, -0.15) is 0 Å². The standard InChI is InChI=1S/C16H27NO5Si/c1-6-19-15(18)16-13-10-20-17(16)21-12(9-7-8-11(2)3)14(16)22-23(13,4)5/h12-14H,2,6-10H2,1,3-5H3/t12-,13-,14+,16+/m0/s1. The van der Waals surface area contributed by atoms with Gasteiger partial charge in [0.05, 0.1) is 13.2 Å². The van der Waals surface area contributed by atoms with E-state index in [0.29, 0.717) is 13.2 Å². The molecule has 3 rings (SSSR count). The lowest BCUT2D eigenvalue weighted by molar-refractivity contribution is -0.355. The molecule has 3 aliphatic rings. The molecule has 0 bridgehead atoms. The molecule has 0 saturated carbocycles. The fourth-order valence-electron chi connectivity index (χ4n) is 4.08. The van der Waals surface area contributed by atoms with Crippen molar-refractivity contribution in [2.24, 2.45) is 0 Å². The molecular weight excluding hydrogens is 314 g/mol. The monoisotopic (exact) mass is 341 g/mol. The topological polar surface area (TPSA) is 57.2 Å². The summed E-state index contributed by atoms with van der Waals surface area (Å²) >= 11 is 0. The van der Waals surface area contributed by atoms with Gasteiger partial charge in [0.15, 0.2) is 8.32 Å². The van der Waals surface area contributed by atoms with Crippen molar-refractivity contribution in [1.82, 2.24) is 5.23 Å². The smallest absolute Gasteiger partial charge is 0.334 e. The van der Waals surface area contributed by atoms with Gasteiger partial charge in [-0.25, -0.2) is 4.79 Å². The Hall–Kier alpha value is -0.733. The molecule has 0 aliphatic carbocycles. The molecule has 4 atom stereocenters. The minimum Gasteiger partial charge on any atom is -0.464 e. The molecule has 130 valence electrons. The van der Waals surface area contributed by atoms with Crippen LogP contribution in [-0.4, -0.2) is 50.5 Å². The molecule has 6 nitrogen and oxygen atoms in total. The maximum Gasteiger partial charge on any atom is 0.334 e. The van der Waals surface area contributed by atoms with Crippen LogP contribution in [0, 0.1) is 0 Å². The van der Waals surface area contributed by atoms with Crippen LogP contribution in [0.1, 0.15) is 33.1 Å². The summed E-state index contributed by atoms with van der Waals surface area (Å²) in [6.45, 7) is 12.9. The molecule has 7 heteroatoms. The number of rotatable bonds is 6. The Morgan fingerprint density at radius 3 is 2.87 bits per heavy atom. The molecule has 3 saturated heterocycles. The van der Waals surface area contributed by atoms with Crippen LogP contribution in [0.2, 0.25) is 18.6 Å². The van der Waals surface area contributed by atoms with E-state index in [4.69, 9.17) is 18.8 Å². The molecular formula is C16H27NO5Si. The molecule has 0 unspecified atom stereocenters. The van der Waals surface area contributed by atoms with Crippen molar-refractivity contribution in [3.8, 4) is 0 Å². The van der Waals surface area contributed by atoms with Crippen LogP contribution >= 0.6 is 0 Å². The molecule has 0 aromatic carbocycles. The SMILES string of the molecule is C=C(C)CCC[C@@H]1ON2OC[C@H]3[C@]2(C(=O)OCC)[C@@H]1O[Si]3(C)C. The number of ether oxygens (including phenoxy) is 1. The first-order valence-corrected chi connectivity index (χ1v) is 11.4. The lowest BCUT2D eigenvalue weighted by atomic mass is 9.86. The van der Waals surface area contributed by atoms with E-state index < -0.39 is 13.9 Å². The largest absolute Gasteiger partial charge is 0.464 e. The number of hydrogen-bond donors (Lipinski definition) is 0. The Labute approximate surface area is 138 Å². The summed E-state index contributed by atoms with van der Waals surface area (Å²) in [5.41, 5.74) is 0.268. The van der Waals surface area contributed by atoms with E-state index in [1.165, 1.54) is 5.23 Å². The molecule has 0 aromatic rings. The number of esters is 1. The van der Waals surface area contributed by atoms with Gasteiger partial charge in [0, 0.05) is 5.54 Å². The number of allylic oxidation sites excluding steroid dienone is 1. The van der Waals surface area contributed by atoms with Crippen LogP contribution in [0.5, 0.6) is 0 Å². The van der Waals surface area contributed by atoms with Gasteiger partial charge in [0.1, 0.15) is 12.2 Å². The normalized spacial score (nSPS) is 37.8. The van der Waals surface area contributed by atoms with E-state index in [-0.39, 0.29) is 23.7 Å². The van der Waals surface area contributed by atoms with Crippen LogP contribution in [0.3, 0.4) is 0 Å². The van der Waals surface area contributed by atoms with Crippen molar-refractivity contribution in [1.29, 1.82) is 0 Å². The van der Waals surface area contributed by atoms with Crippen LogP contribution in [0.25, 0.3) is 0 Å². The number of carbonyl (C=O) groups excluding carboxylic acids is 1. The third-order valence-corrected chi connectivity index (χ3v) is 8.31. The summed E-state index contributed by atoms with van der Waals surface area (Å²) in [6.07, 6.45) is 2.25. The Kier molecular flexibility index (Phi) is 4.44. The number of hydroxylamine groups is 2. The molecule has 0 spiro atoms. The third-order valence-electron chi connectivity index (χ3n) is 5.16. The second kappa shape index (κ2) is 5.97. The summed E-state index contributed by atoms with van der Waals surface area (Å²) in [5, 5.41) is 1.41. The highest BCUT2D eigenvalue weighted by Crippen LogP contribution is 2.58. The van der Waals surface area contributed by atoms with Gasteiger partial charge >= 0.3 is 5.97 Å². The summed E-state index contributed by atoms with van der Waals surface area (Å²) < 4.78 is 11.8. The van der Waals surface area contributed by atoms with Gasteiger partial charge in [0.25, 0.3) is 0 Å². The van der Waals surface area contributed by atoms with Gasteiger partial charge < -0.3 is 9.16 Å². The van der Waals surface area contributed by atoms with Crippen LogP contribution in [0.4, 0.5) is 0 Å². The summed E-state index contributed by atoms with van der Waals surface area (Å²) in [4.78, 5) is 24.5. The van der Waals surface area contributed by atoms with Crippen molar-refractivity contribution in [3.63, 3.8) is 0 Å². The highest BCUT2D eigenvalue weighted by atomic mass is 28.4. The maximum absolute atomic E-state index is 12.8. The average Bonchev–Trinajstić information content (AvgIpc) is 3.03. The van der Waals surface area contributed by atoms with E-state index in [1.54, 1.807) is 0 Å². The quantitative estimate of drug-likeness (QED) is 0.420. The highest BCUT2D eigenvalue weighted by molar-refractivity contribution is 6.74. The van der Waals surface area contributed by atoms with Crippen LogP contribution < -0.4 is 0 Å². The Balaban J connectivity index is 1.86. The Morgan fingerprint density at radius 2 is 2.22 bits per heavy atom. The van der Waals surface area contributed by atoms with Gasteiger partial charge in [0.2, 0.25) is 5.54 Å². The molecule has 3 fully saturated rings. The predicted octanol–water partition coefficient (Wildman–Crippen LogP) is 2.57. The van der Waals surface area contributed by atoms with Crippen molar-refractivity contribution in [2.75, 3.05) is 13.2 Å². The Bertz CT molecular complexity index is 511. The second-order valence-electron chi connectivity index (χ2n) is 7.29. The number of hydrogen-bond acceptors (Lipinski definition) is 6. The molecule has 0 aromatic heterocycles. The Morgan fingerprint density at radius 1 is 1.48 bits per heavy atom. The fraction of sp³-hybridized carbons (Fsp3) is 0.812. The van der Waals surface area contributed by atoms with Crippen molar-refractivity contribution >= 4 is 14.3 Å². The minimum absolute atomic E-state index is 0.0326.